The van der Waals surface area contributed by atoms with Crippen molar-refractivity contribution in [3.63, 3.8) is 0 Å². The summed E-state index contributed by atoms with van der Waals surface area (Å²) in [6.45, 7) is 2.31. The number of nitrogens with zero attached hydrogens (tertiary/aromatic N) is 2. The van der Waals surface area contributed by atoms with Gasteiger partial charge in [-0.3, -0.25) is 0 Å². The second-order valence-corrected chi connectivity index (χ2v) is 5.67. The SMILES string of the molecule is CC1CCC(Nc2cc(NN)nc(C3CC3)n2)C1. The van der Waals surface area contributed by atoms with Crippen LogP contribution in [-0.4, -0.2) is 16.0 Å². The topological polar surface area (TPSA) is 75.9 Å². The number of hydrazine groups is 1. The highest BCUT2D eigenvalue weighted by molar-refractivity contribution is 5.48. The fourth-order valence-corrected chi connectivity index (χ4v) is 2.69. The van der Waals surface area contributed by atoms with Crippen LogP contribution in [0.4, 0.5) is 11.6 Å². The number of nitrogen functional groups attached to an aromatic ring is 1. The molecular weight excluding hydrogens is 226 g/mol. The second-order valence-electron chi connectivity index (χ2n) is 5.67. The molecule has 3 rings (SSSR count). The van der Waals surface area contributed by atoms with Crippen molar-refractivity contribution in [2.45, 2.75) is 51.0 Å². The first kappa shape index (κ1) is 11.7. The quantitative estimate of drug-likeness (QED) is 0.562. The van der Waals surface area contributed by atoms with Crippen LogP contribution >= 0.6 is 0 Å². The number of hydrogen-bond acceptors (Lipinski definition) is 5. The third-order valence-corrected chi connectivity index (χ3v) is 3.88. The predicted octanol–water partition coefficient (Wildman–Crippen LogP) is 2.24. The second kappa shape index (κ2) is 4.72. The van der Waals surface area contributed by atoms with E-state index in [0.29, 0.717) is 17.8 Å². The maximum absolute atomic E-state index is 5.47. The van der Waals surface area contributed by atoms with E-state index in [2.05, 4.69) is 27.6 Å². The summed E-state index contributed by atoms with van der Waals surface area (Å²) in [7, 11) is 0. The molecule has 4 N–H and O–H groups in total. The molecule has 5 nitrogen and oxygen atoms in total. The number of rotatable bonds is 4. The molecule has 98 valence electrons. The zero-order valence-electron chi connectivity index (χ0n) is 10.8. The van der Waals surface area contributed by atoms with Gasteiger partial charge in [-0.05, 0) is 38.0 Å². The summed E-state index contributed by atoms with van der Waals surface area (Å²) in [6, 6.07) is 2.45. The summed E-state index contributed by atoms with van der Waals surface area (Å²) in [4.78, 5) is 9.03. The third-order valence-electron chi connectivity index (χ3n) is 3.88. The fraction of sp³-hybridized carbons (Fsp3) is 0.692. The van der Waals surface area contributed by atoms with Crippen LogP contribution in [0.15, 0.2) is 6.07 Å². The van der Waals surface area contributed by atoms with Crippen molar-refractivity contribution >= 4 is 11.6 Å². The van der Waals surface area contributed by atoms with E-state index in [1.807, 2.05) is 6.07 Å². The molecule has 1 aromatic heterocycles. The Morgan fingerprint density at radius 1 is 1.17 bits per heavy atom. The van der Waals surface area contributed by atoms with Gasteiger partial charge in [0.2, 0.25) is 0 Å². The summed E-state index contributed by atoms with van der Waals surface area (Å²) in [5, 5.41) is 3.52. The lowest BCUT2D eigenvalue weighted by Crippen LogP contribution is -2.18. The lowest BCUT2D eigenvalue weighted by molar-refractivity contribution is 0.602. The lowest BCUT2D eigenvalue weighted by atomic mass is 10.1. The summed E-state index contributed by atoms with van der Waals surface area (Å²) >= 11 is 0. The normalized spacial score (nSPS) is 27.2. The van der Waals surface area contributed by atoms with Gasteiger partial charge in [0.05, 0.1) is 0 Å². The Hall–Kier alpha value is -1.36. The van der Waals surface area contributed by atoms with Gasteiger partial charge < -0.3 is 10.7 Å². The zero-order valence-corrected chi connectivity index (χ0v) is 10.8. The van der Waals surface area contributed by atoms with Crippen LogP contribution < -0.4 is 16.6 Å². The fourth-order valence-electron chi connectivity index (χ4n) is 2.69. The Balaban J connectivity index is 1.75. The summed E-state index contributed by atoms with van der Waals surface area (Å²) < 4.78 is 0. The Kier molecular flexibility index (Phi) is 3.07. The van der Waals surface area contributed by atoms with E-state index >= 15 is 0 Å². The molecule has 0 saturated heterocycles. The number of hydrogen-bond donors (Lipinski definition) is 3. The minimum atomic E-state index is 0.543. The van der Waals surface area contributed by atoms with Crippen molar-refractivity contribution < 1.29 is 0 Å². The maximum atomic E-state index is 5.47. The highest BCUT2D eigenvalue weighted by atomic mass is 15.3. The molecule has 2 fully saturated rings. The van der Waals surface area contributed by atoms with E-state index in [-0.39, 0.29) is 0 Å². The maximum Gasteiger partial charge on any atom is 0.145 e. The van der Waals surface area contributed by atoms with Gasteiger partial charge in [-0.2, -0.15) is 0 Å². The van der Waals surface area contributed by atoms with Gasteiger partial charge in [0.25, 0.3) is 0 Å². The van der Waals surface area contributed by atoms with E-state index in [9.17, 15) is 0 Å². The van der Waals surface area contributed by atoms with E-state index in [0.717, 1.165) is 17.6 Å². The van der Waals surface area contributed by atoms with Crippen molar-refractivity contribution in [2.24, 2.45) is 11.8 Å². The lowest BCUT2D eigenvalue weighted by Gasteiger charge is -2.14. The number of nitrogens with one attached hydrogen (secondary N) is 2. The smallest absolute Gasteiger partial charge is 0.145 e. The van der Waals surface area contributed by atoms with Crippen LogP contribution in [0, 0.1) is 5.92 Å². The molecule has 2 aliphatic rings. The Morgan fingerprint density at radius 3 is 2.56 bits per heavy atom. The molecule has 0 radical (unpaired) electrons. The van der Waals surface area contributed by atoms with Gasteiger partial charge >= 0.3 is 0 Å². The molecule has 2 atom stereocenters. The van der Waals surface area contributed by atoms with Gasteiger partial charge in [-0.15, -0.1) is 0 Å². The minimum Gasteiger partial charge on any atom is -0.367 e. The van der Waals surface area contributed by atoms with Crippen molar-refractivity contribution in [3.05, 3.63) is 11.9 Å². The Morgan fingerprint density at radius 2 is 1.94 bits per heavy atom. The first-order valence-electron chi connectivity index (χ1n) is 6.86. The minimum absolute atomic E-state index is 0.543. The van der Waals surface area contributed by atoms with E-state index in [1.54, 1.807) is 0 Å². The molecule has 0 bridgehead atoms. The summed E-state index contributed by atoms with van der Waals surface area (Å²) in [5.74, 6) is 9.39. The molecular formula is C13H21N5. The van der Waals surface area contributed by atoms with Crippen LogP contribution in [0.3, 0.4) is 0 Å². The van der Waals surface area contributed by atoms with Crippen LogP contribution in [0.1, 0.15) is 50.8 Å². The van der Waals surface area contributed by atoms with Gasteiger partial charge in [0.15, 0.2) is 0 Å². The molecule has 0 aliphatic heterocycles. The van der Waals surface area contributed by atoms with Gasteiger partial charge in [0.1, 0.15) is 17.5 Å². The first-order valence-corrected chi connectivity index (χ1v) is 6.86. The van der Waals surface area contributed by atoms with Crippen LogP contribution in [0.25, 0.3) is 0 Å². The molecule has 2 aliphatic carbocycles. The average molecular weight is 247 g/mol. The van der Waals surface area contributed by atoms with E-state index in [1.165, 1.54) is 32.1 Å². The van der Waals surface area contributed by atoms with E-state index in [4.69, 9.17) is 5.84 Å². The zero-order chi connectivity index (χ0) is 12.5. The number of aromatic nitrogens is 2. The van der Waals surface area contributed by atoms with Crippen molar-refractivity contribution in [1.29, 1.82) is 0 Å². The molecule has 0 amide bonds. The average Bonchev–Trinajstić information content (AvgIpc) is 3.14. The molecule has 18 heavy (non-hydrogen) atoms. The van der Waals surface area contributed by atoms with Crippen molar-refractivity contribution in [1.82, 2.24) is 9.97 Å². The predicted molar refractivity (Wildman–Crippen MR) is 72.2 cm³/mol. The molecule has 5 heteroatoms. The Labute approximate surface area is 108 Å². The first-order chi connectivity index (χ1) is 8.74. The highest BCUT2D eigenvalue weighted by Gasteiger charge is 2.28. The Bertz CT molecular complexity index is 429. The molecule has 2 saturated carbocycles. The van der Waals surface area contributed by atoms with Crippen molar-refractivity contribution in [3.8, 4) is 0 Å². The summed E-state index contributed by atoms with van der Waals surface area (Å²) in [6.07, 6.45) is 6.17. The number of anilines is 2. The van der Waals surface area contributed by atoms with Crippen molar-refractivity contribution in [2.75, 3.05) is 10.7 Å². The van der Waals surface area contributed by atoms with Gasteiger partial charge in [-0.25, -0.2) is 15.8 Å². The molecule has 0 spiro atoms. The summed E-state index contributed by atoms with van der Waals surface area (Å²) in [5.41, 5.74) is 2.63. The van der Waals surface area contributed by atoms with Gasteiger partial charge in [0, 0.05) is 18.0 Å². The van der Waals surface area contributed by atoms with Crippen LogP contribution in [0.2, 0.25) is 0 Å². The molecule has 0 aromatic carbocycles. The molecule has 1 heterocycles. The number of nitrogens with two attached hydrogens (primary N) is 1. The molecule has 1 aromatic rings. The van der Waals surface area contributed by atoms with E-state index < -0.39 is 0 Å². The van der Waals surface area contributed by atoms with Crippen LogP contribution in [-0.2, 0) is 0 Å². The van der Waals surface area contributed by atoms with Crippen LogP contribution in [0.5, 0.6) is 0 Å². The van der Waals surface area contributed by atoms with Gasteiger partial charge in [-0.1, -0.05) is 6.92 Å². The molecule has 2 unspecified atom stereocenters. The monoisotopic (exact) mass is 247 g/mol. The standard InChI is InChI=1S/C13H21N5/c1-8-2-5-10(6-8)15-11-7-12(18-14)17-13(16-11)9-3-4-9/h7-10H,2-6,14H2,1H3,(H2,15,16,17,18). The largest absolute Gasteiger partial charge is 0.367 e. The third kappa shape index (κ3) is 2.56. The highest BCUT2D eigenvalue weighted by Crippen LogP contribution is 2.39.